The molecule has 0 aliphatic heterocycles. The van der Waals surface area contributed by atoms with Gasteiger partial charge in [-0.25, -0.2) is 0 Å². The maximum absolute atomic E-state index is 12.6. The van der Waals surface area contributed by atoms with Gasteiger partial charge in [0.05, 0.1) is 18.2 Å². The van der Waals surface area contributed by atoms with E-state index in [1.54, 1.807) is 43.5 Å². The highest BCUT2D eigenvalue weighted by molar-refractivity contribution is 6.31. The molecule has 0 aliphatic carbocycles. The quantitative estimate of drug-likeness (QED) is 0.663. The Bertz CT molecular complexity index is 1040. The van der Waals surface area contributed by atoms with Crippen molar-refractivity contribution in [3.63, 3.8) is 0 Å². The number of halogens is 1. The summed E-state index contributed by atoms with van der Waals surface area (Å²) in [5.74, 6) is -0.135. The van der Waals surface area contributed by atoms with Gasteiger partial charge in [-0.15, -0.1) is 0 Å². The Morgan fingerprint density at radius 2 is 1.68 bits per heavy atom. The molecule has 1 aromatic heterocycles. The summed E-state index contributed by atoms with van der Waals surface area (Å²) in [7, 11) is 1.55. The number of rotatable bonds is 5. The fourth-order valence-electron chi connectivity index (χ4n) is 2.52. The van der Waals surface area contributed by atoms with Crippen LogP contribution in [-0.2, 0) is 0 Å². The normalized spacial score (nSPS) is 10.2. The van der Waals surface area contributed by atoms with Gasteiger partial charge in [0.15, 0.2) is 0 Å². The second-order valence-electron chi connectivity index (χ2n) is 6.06. The highest BCUT2D eigenvalue weighted by Crippen LogP contribution is 2.21. The van der Waals surface area contributed by atoms with Gasteiger partial charge in [-0.3, -0.25) is 14.6 Å². The zero-order valence-corrected chi connectivity index (χ0v) is 16.1. The first-order valence-electron chi connectivity index (χ1n) is 8.44. The number of amides is 2. The molecule has 0 saturated heterocycles. The molecule has 2 N–H and O–H groups in total. The topological polar surface area (TPSA) is 80.3 Å². The molecule has 2 aromatic carbocycles. The lowest BCUT2D eigenvalue weighted by atomic mass is 10.1. The molecule has 0 radical (unpaired) electrons. The van der Waals surface area contributed by atoms with E-state index in [1.807, 2.05) is 13.0 Å². The maximum atomic E-state index is 12.6. The molecule has 0 unspecified atom stereocenters. The van der Waals surface area contributed by atoms with Gasteiger partial charge in [0.2, 0.25) is 0 Å². The van der Waals surface area contributed by atoms with Crippen LogP contribution in [0, 0.1) is 6.92 Å². The van der Waals surface area contributed by atoms with E-state index in [0.29, 0.717) is 22.1 Å². The van der Waals surface area contributed by atoms with Gasteiger partial charge in [0.25, 0.3) is 11.8 Å². The molecule has 3 rings (SSSR count). The van der Waals surface area contributed by atoms with Crippen LogP contribution in [0.1, 0.15) is 26.3 Å². The SMILES string of the molecule is COc1cccc(NC(=O)c2cncc(C(=O)Nc3cc(Cl)ccc3C)c2)c1. The highest BCUT2D eigenvalue weighted by atomic mass is 35.5. The third-order valence-electron chi connectivity index (χ3n) is 4.04. The monoisotopic (exact) mass is 395 g/mol. The predicted octanol–water partition coefficient (Wildman–Crippen LogP) is 4.56. The Hall–Kier alpha value is -3.38. The van der Waals surface area contributed by atoms with E-state index in [2.05, 4.69) is 15.6 Å². The van der Waals surface area contributed by atoms with E-state index in [1.165, 1.54) is 18.5 Å². The number of benzene rings is 2. The van der Waals surface area contributed by atoms with Crippen LogP contribution in [-0.4, -0.2) is 23.9 Å². The van der Waals surface area contributed by atoms with Gasteiger partial charge in [-0.2, -0.15) is 0 Å². The molecule has 142 valence electrons. The largest absolute Gasteiger partial charge is 0.497 e. The molecule has 28 heavy (non-hydrogen) atoms. The Kier molecular flexibility index (Phi) is 5.91. The van der Waals surface area contributed by atoms with Crippen LogP contribution >= 0.6 is 11.6 Å². The van der Waals surface area contributed by atoms with Gasteiger partial charge in [-0.05, 0) is 42.8 Å². The fraction of sp³-hybridized carbons (Fsp3) is 0.0952. The standard InChI is InChI=1S/C21H18ClN3O3/c1-13-6-7-16(22)9-19(13)25-21(27)15-8-14(11-23-12-15)20(26)24-17-4-3-5-18(10-17)28-2/h3-12H,1-2H3,(H,24,26)(H,25,27). The van der Waals surface area contributed by atoms with Gasteiger partial charge in [0.1, 0.15) is 5.75 Å². The van der Waals surface area contributed by atoms with Crippen LogP contribution in [0.15, 0.2) is 60.9 Å². The summed E-state index contributed by atoms with van der Waals surface area (Å²) in [6.07, 6.45) is 2.80. The molecule has 6 nitrogen and oxygen atoms in total. The van der Waals surface area contributed by atoms with Crippen LogP contribution < -0.4 is 15.4 Å². The maximum Gasteiger partial charge on any atom is 0.257 e. The van der Waals surface area contributed by atoms with Crippen molar-refractivity contribution in [2.24, 2.45) is 0 Å². The molecule has 0 saturated carbocycles. The first kappa shape index (κ1) is 19.4. The van der Waals surface area contributed by atoms with E-state index >= 15 is 0 Å². The molecule has 1 heterocycles. The smallest absolute Gasteiger partial charge is 0.257 e. The lowest BCUT2D eigenvalue weighted by Crippen LogP contribution is -2.16. The van der Waals surface area contributed by atoms with Crippen LogP contribution in [0.2, 0.25) is 5.02 Å². The average molecular weight is 396 g/mol. The van der Waals surface area contributed by atoms with Crippen molar-refractivity contribution in [1.29, 1.82) is 0 Å². The Morgan fingerprint density at radius 1 is 0.964 bits per heavy atom. The number of hydrogen-bond donors (Lipinski definition) is 2. The Morgan fingerprint density at radius 3 is 2.39 bits per heavy atom. The minimum Gasteiger partial charge on any atom is -0.497 e. The number of nitrogens with one attached hydrogen (secondary N) is 2. The van der Waals surface area contributed by atoms with E-state index in [-0.39, 0.29) is 22.9 Å². The van der Waals surface area contributed by atoms with Crippen molar-refractivity contribution in [3.05, 3.63) is 82.6 Å². The van der Waals surface area contributed by atoms with Gasteiger partial charge < -0.3 is 15.4 Å². The van der Waals surface area contributed by atoms with E-state index in [9.17, 15) is 9.59 Å². The van der Waals surface area contributed by atoms with Crippen LogP contribution in [0.4, 0.5) is 11.4 Å². The van der Waals surface area contributed by atoms with Crippen LogP contribution in [0.3, 0.4) is 0 Å². The molecule has 2 amide bonds. The van der Waals surface area contributed by atoms with Gasteiger partial charge in [-0.1, -0.05) is 23.7 Å². The molecule has 0 atom stereocenters. The number of methoxy groups -OCH3 is 1. The van der Waals surface area contributed by atoms with Crippen molar-refractivity contribution in [1.82, 2.24) is 4.98 Å². The summed E-state index contributed by atoms with van der Waals surface area (Å²) >= 11 is 5.99. The number of aryl methyl sites for hydroxylation is 1. The van der Waals surface area contributed by atoms with E-state index in [0.717, 1.165) is 5.56 Å². The number of ether oxygens (including phenoxy) is 1. The summed E-state index contributed by atoms with van der Waals surface area (Å²) in [5, 5.41) is 6.06. The molecule has 0 spiro atoms. The second kappa shape index (κ2) is 8.54. The lowest BCUT2D eigenvalue weighted by Gasteiger charge is -2.10. The van der Waals surface area contributed by atoms with Crippen molar-refractivity contribution in [2.75, 3.05) is 17.7 Å². The minimum atomic E-state index is -0.381. The first-order chi connectivity index (χ1) is 13.5. The molecular weight excluding hydrogens is 378 g/mol. The third-order valence-corrected chi connectivity index (χ3v) is 4.27. The lowest BCUT2D eigenvalue weighted by molar-refractivity contribution is 0.102. The summed E-state index contributed by atoms with van der Waals surface area (Å²) in [5.41, 5.74) is 2.58. The fourth-order valence-corrected chi connectivity index (χ4v) is 2.69. The van der Waals surface area contributed by atoms with E-state index in [4.69, 9.17) is 16.3 Å². The average Bonchev–Trinajstić information content (AvgIpc) is 2.71. The molecule has 0 aliphatic rings. The molecular formula is C21H18ClN3O3. The zero-order valence-electron chi connectivity index (χ0n) is 15.3. The first-order valence-corrected chi connectivity index (χ1v) is 8.82. The molecule has 0 fully saturated rings. The number of pyridine rings is 1. The number of nitrogens with zero attached hydrogens (tertiary/aromatic N) is 1. The van der Waals surface area contributed by atoms with Crippen molar-refractivity contribution in [2.45, 2.75) is 6.92 Å². The van der Waals surface area contributed by atoms with Crippen LogP contribution in [0.25, 0.3) is 0 Å². The predicted molar refractivity (Wildman–Crippen MR) is 109 cm³/mol. The molecule has 3 aromatic rings. The van der Waals surface area contributed by atoms with Crippen molar-refractivity contribution >= 4 is 34.8 Å². The van der Waals surface area contributed by atoms with Crippen LogP contribution in [0.5, 0.6) is 5.75 Å². The number of hydrogen-bond acceptors (Lipinski definition) is 4. The number of anilines is 2. The Labute approximate surface area is 167 Å². The molecule has 0 bridgehead atoms. The van der Waals surface area contributed by atoms with Gasteiger partial charge >= 0.3 is 0 Å². The number of carbonyl (C=O) groups is 2. The number of aromatic nitrogens is 1. The number of carbonyl (C=O) groups excluding carboxylic acids is 2. The van der Waals surface area contributed by atoms with Crippen molar-refractivity contribution < 1.29 is 14.3 Å². The summed E-state index contributed by atoms with van der Waals surface area (Å²) in [4.78, 5) is 29.1. The third kappa shape index (κ3) is 4.66. The second-order valence-corrected chi connectivity index (χ2v) is 6.50. The van der Waals surface area contributed by atoms with Crippen molar-refractivity contribution in [3.8, 4) is 5.75 Å². The minimum absolute atomic E-state index is 0.262. The summed E-state index contributed by atoms with van der Waals surface area (Å²) in [6.45, 7) is 1.86. The Balaban J connectivity index is 1.76. The van der Waals surface area contributed by atoms with E-state index < -0.39 is 0 Å². The highest BCUT2D eigenvalue weighted by Gasteiger charge is 2.13. The molecule has 7 heteroatoms. The zero-order chi connectivity index (χ0) is 20.1. The summed E-state index contributed by atoms with van der Waals surface area (Å²) < 4.78 is 5.14. The summed E-state index contributed by atoms with van der Waals surface area (Å²) in [6, 6.07) is 13.7. The van der Waals surface area contributed by atoms with Gasteiger partial charge in [0, 0.05) is 34.9 Å².